The summed E-state index contributed by atoms with van der Waals surface area (Å²) in [4.78, 5) is 16.8. The number of nitrogens with zero attached hydrogens (tertiary/aromatic N) is 2. The van der Waals surface area contributed by atoms with E-state index >= 15 is 0 Å². The number of hydrogen-bond acceptors (Lipinski definition) is 4. The van der Waals surface area contributed by atoms with Crippen LogP contribution in [0.25, 0.3) is 0 Å². The van der Waals surface area contributed by atoms with Gasteiger partial charge in [0.15, 0.2) is 5.89 Å². The van der Waals surface area contributed by atoms with Crippen LogP contribution in [0.3, 0.4) is 0 Å². The SMILES string of the molecule is CN1CCCC1Cc1ncc(CC=O)o1. The van der Waals surface area contributed by atoms with Crippen molar-refractivity contribution < 1.29 is 9.21 Å². The van der Waals surface area contributed by atoms with E-state index in [1.165, 1.54) is 12.8 Å². The number of oxazole rings is 1. The zero-order chi connectivity index (χ0) is 10.7. The third-order valence-corrected chi connectivity index (χ3v) is 2.97. The van der Waals surface area contributed by atoms with Crippen LogP contribution in [0.2, 0.25) is 0 Å². The highest BCUT2D eigenvalue weighted by Gasteiger charge is 2.22. The molecular weight excluding hydrogens is 192 g/mol. The maximum Gasteiger partial charge on any atom is 0.195 e. The van der Waals surface area contributed by atoms with E-state index in [1.54, 1.807) is 6.20 Å². The van der Waals surface area contributed by atoms with Crippen LogP contribution in [0.1, 0.15) is 24.5 Å². The van der Waals surface area contributed by atoms with Crippen molar-refractivity contribution in [1.29, 1.82) is 0 Å². The fourth-order valence-corrected chi connectivity index (χ4v) is 2.06. The highest BCUT2D eigenvalue weighted by molar-refractivity contribution is 5.52. The van der Waals surface area contributed by atoms with Gasteiger partial charge in [0.1, 0.15) is 12.0 Å². The first kappa shape index (κ1) is 10.4. The molecule has 1 atom stereocenters. The summed E-state index contributed by atoms with van der Waals surface area (Å²) >= 11 is 0. The van der Waals surface area contributed by atoms with Gasteiger partial charge in [0, 0.05) is 12.5 Å². The molecule has 0 amide bonds. The van der Waals surface area contributed by atoms with E-state index in [0.29, 0.717) is 18.2 Å². The third-order valence-electron chi connectivity index (χ3n) is 2.97. The van der Waals surface area contributed by atoms with Crippen LogP contribution in [0.15, 0.2) is 10.6 Å². The molecule has 15 heavy (non-hydrogen) atoms. The van der Waals surface area contributed by atoms with Gasteiger partial charge in [0.05, 0.1) is 12.6 Å². The van der Waals surface area contributed by atoms with E-state index in [0.717, 1.165) is 25.1 Å². The molecule has 4 nitrogen and oxygen atoms in total. The van der Waals surface area contributed by atoms with Gasteiger partial charge in [-0.3, -0.25) is 0 Å². The van der Waals surface area contributed by atoms with Crippen LogP contribution in [0.4, 0.5) is 0 Å². The Morgan fingerprint density at radius 1 is 1.73 bits per heavy atom. The van der Waals surface area contributed by atoms with Crippen LogP contribution < -0.4 is 0 Å². The quantitative estimate of drug-likeness (QED) is 0.694. The Morgan fingerprint density at radius 3 is 3.27 bits per heavy atom. The molecule has 1 aliphatic rings. The predicted octanol–water partition coefficient (Wildman–Crippen LogP) is 1.05. The van der Waals surface area contributed by atoms with Crippen molar-refractivity contribution in [3.8, 4) is 0 Å². The summed E-state index contributed by atoms with van der Waals surface area (Å²) < 4.78 is 5.47. The maximum absolute atomic E-state index is 10.3. The highest BCUT2D eigenvalue weighted by Crippen LogP contribution is 2.19. The van der Waals surface area contributed by atoms with Gasteiger partial charge in [0.25, 0.3) is 0 Å². The Morgan fingerprint density at radius 2 is 2.60 bits per heavy atom. The molecule has 1 saturated heterocycles. The van der Waals surface area contributed by atoms with Crippen molar-refractivity contribution in [3.05, 3.63) is 17.8 Å². The molecule has 82 valence electrons. The van der Waals surface area contributed by atoms with Gasteiger partial charge < -0.3 is 14.1 Å². The second-order valence-corrected chi connectivity index (χ2v) is 4.07. The van der Waals surface area contributed by atoms with Crippen molar-refractivity contribution >= 4 is 6.29 Å². The zero-order valence-corrected chi connectivity index (χ0v) is 8.98. The van der Waals surface area contributed by atoms with Gasteiger partial charge in [-0.2, -0.15) is 0 Å². The van der Waals surface area contributed by atoms with Crippen LogP contribution in [0.5, 0.6) is 0 Å². The molecule has 0 radical (unpaired) electrons. The Hall–Kier alpha value is -1.16. The lowest BCUT2D eigenvalue weighted by Crippen LogP contribution is -2.26. The minimum absolute atomic E-state index is 0.327. The molecule has 0 aliphatic carbocycles. The monoisotopic (exact) mass is 208 g/mol. The van der Waals surface area contributed by atoms with E-state index in [9.17, 15) is 4.79 Å². The molecular formula is C11H16N2O2. The smallest absolute Gasteiger partial charge is 0.195 e. The fourth-order valence-electron chi connectivity index (χ4n) is 2.06. The number of carbonyl (C=O) groups excluding carboxylic acids is 1. The van der Waals surface area contributed by atoms with Gasteiger partial charge in [-0.25, -0.2) is 4.98 Å². The average Bonchev–Trinajstić information content (AvgIpc) is 2.79. The normalized spacial score (nSPS) is 22.1. The molecule has 0 saturated carbocycles. The van der Waals surface area contributed by atoms with Crippen molar-refractivity contribution in [2.45, 2.75) is 31.7 Å². The number of likely N-dealkylation sites (N-methyl/N-ethyl adjacent to an activating group) is 1. The highest BCUT2D eigenvalue weighted by atomic mass is 16.4. The van der Waals surface area contributed by atoms with Crippen LogP contribution in [-0.2, 0) is 17.6 Å². The average molecular weight is 208 g/mol. The predicted molar refractivity (Wildman–Crippen MR) is 55.6 cm³/mol. The number of carbonyl (C=O) groups is 1. The number of aldehydes is 1. The Balaban J connectivity index is 1.95. The first-order valence-corrected chi connectivity index (χ1v) is 5.37. The molecule has 1 aromatic rings. The summed E-state index contributed by atoms with van der Waals surface area (Å²) in [5, 5.41) is 0. The molecule has 1 fully saturated rings. The van der Waals surface area contributed by atoms with Crippen LogP contribution in [0, 0.1) is 0 Å². The first-order chi connectivity index (χ1) is 7.29. The molecule has 0 aromatic carbocycles. The fraction of sp³-hybridized carbons (Fsp3) is 0.636. The van der Waals surface area contributed by atoms with Crippen LogP contribution >= 0.6 is 0 Å². The van der Waals surface area contributed by atoms with Gasteiger partial charge in [0.2, 0.25) is 0 Å². The Labute approximate surface area is 89.3 Å². The van der Waals surface area contributed by atoms with Gasteiger partial charge in [-0.05, 0) is 26.4 Å². The van der Waals surface area contributed by atoms with E-state index < -0.39 is 0 Å². The number of likely N-dealkylation sites (tertiary alicyclic amines) is 1. The molecule has 4 heteroatoms. The summed E-state index contributed by atoms with van der Waals surface area (Å²) in [7, 11) is 2.13. The summed E-state index contributed by atoms with van der Waals surface area (Å²) in [6.07, 6.45) is 6.14. The number of aromatic nitrogens is 1. The number of rotatable bonds is 4. The lowest BCUT2D eigenvalue weighted by molar-refractivity contribution is -0.107. The van der Waals surface area contributed by atoms with Crippen molar-refractivity contribution in [3.63, 3.8) is 0 Å². The first-order valence-electron chi connectivity index (χ1n) is 5.37. The second-order valence-electron chi connectivity index (χ2n) is 4.07. The van der Waals surface area contributed by atoms with E-state index in [2.05, 4.69) is 16.9 Å². The topological polar surface area (TPSA) is 46.3 Å². The van der Waals surface area contributed by atoms with Crippen molar-refractivity contribution in [1.82, 2.24) is 9.88 Å². The molecule has 1 aromatic heterocycles. The van der Waals surface area contributed by atoms with Gasteiger partial charge in [-0.15, -0.1) is 0 Å². The second kappa shape index (κ2) is 4.57. The molecule has 2 heterocycles. The largest absolute Gasteiger partial charge is 0.445 e. The molecule has 1 aliphatic heterocycles. The molecule has 0 spiro atoms. The molecule has 0 bridgehead atoms. The summed E-state index contributed by atoms with van der Waals surface area (Å²) in [6.45, 7) is 1.16. The van der Waals surface area contributed by atoms with Crippen molar-refractivity contribution in [2.24, 2.45) is 0 Å². The number of hydrogen-bond donors (Lipinski definition) is 0. The van der Waals surface area contributed by atoms with E-state index in [1.807, 2.05) is 0 Å². The molecule has 0 N–H and O–H groups in total. The summed E-state index contributed by atoms with van der Waals surface area (Å²) in [5.41, 5.74) is 0. The lowest BCUT2D eigenvalue weighted by Gasteiger charge is -2.17. The minimum Gasteiger partial charge on any atom is -0.445 e. The summed E-state index contributed by atoms with van der Waals surface area (Å²) in [5.74, 6) is 1.42. The Bertz CT molecular complexity index is 335. The van der Waals surface area contributed by atoms with Gasteiger partial charge >= 0.3 is 0 Å². The molecule has 2 rings (SSSR count). The maximum atomic E-state index is 10.3. The summed E-state index contributed by atoms with van der Waals surface area (Å²) in [6, 6.07) is 0.549. The molecule has 1 unspecified atom stereocenters. The van der Waals surface area contributed by atoms with E-state index in [-0.39, 0.29) is 0 Å². The standard InChI is InChI=1S/C11H16N2O2/c1-13-5-2-3-9(13)7-11-12-8-10(15-11)4-6-14/h6,8-9H,2-5,7H2,1H3. The minimum atomic E-state index is 0.327. The lowest BCUT2D eigenvalue weighted by atomic mass is 10.1. The van der Waals surface area contributed by atoms with Crippen LogP contribution in [-0.4, -0.2) is 35.8 Å². The Kier molecular flexibility index (Phi) is 3.16. The van der Waals surface area contributed by atoms with E-state index in [4.69, 9.17) is 4.42 Å². The van der Waals surface area contributed by atoms with Crippen molar-refractivity contribution in [2.75, 3.05) is 13.6 Å². The zero-order valence-electron chi connectivity index (χ0n) is 8.98. The third kappa shape index (κ3) is 2.45. The van der Waals surface area contributed by atoms with Gasteiger partial charge in [-0.1, -0.05) is 0 Å².